The molecule has 0 spiro atoms. The molecule has 1 saturated heterocycles. The van der Waals surface area contributed by atoms with Gasteiger partial charge in [0.05, 0.1) is 12.7 Å². The van der Waals surface area contributed by atoms with Gasteiger partial charge >= 0.3 is 6.18 Å². The van der Waals surface area contributed by atoms with Gasteiger partial charge in [-0.2, -0.15) is 13.2 Å². The molecule has 0 aromatic heterocycles. The number of methoxy groups -OCH3 is 1. The molecule has 146 valence electrons. The number of ether oxygens (including phenoxy) is 1. The number of hydrogen-bond donors (Lipinski definition) is 2. The first kappa shape index (κ1) is 19.5. The predicted octanol–water partition coefficient (Wildman–Crippen LogP) is 3.59. The SMILES string of the molecule is COc1ccc(C(F)(F)F)cc1S(=O)(=O)Nc1cccc([C@@H]2CCNC2)c1. The number of alkyl halides is 3. The summed E-state index contributed by atoms with van der Waals surface area (Å²) < 4.78 is 71.7. The molecular formula is C18H19F3N2O3S. The van der Waals surface area contributed by atoms with E-state index in [-0.39, 0.29) is 11.7 Å². The Labute approximate surface area is 155 Å². The number of rotatable bonds is 5. The molecule has 1 fully saturated rings. The topological polar surface area (TPSA) is 67.4 Å². The maximum absolute atomic E-state index is 13.0. The standard InChI is InChI=1S/C18H19F3N2O3S/c1-26-16-6-5-14(18(19,20)21)10-17(16)27(24,25)23-15-4-2-3-12(9-15)13-7-8-22-11-13/h2-6,9-10,13,22-23H,7-8,11H2,1H3/t13-/m1/s1. The summed E-state index contributed by atoms with van der Waals surface area (Å²) in [5, 5.41) is 3.24. The average Bonchev–Trinajstić information content (AvgIpc) is 3.15. The van der Waals surface area contributed by atoms with Crippen LogP contribution in [0, 0.1) is 0 Å². The lowest BCUT2D eigenvalue weighted by Crippen LogP contribution is -2.16. The molecule has 0 unspecified atom stereocenters. The van der Waals surface area contributed by atoms with E-state index in [0.717, 1.165) is 37.2 Å². The molecule has 0 amide bonds. The summed E-state index contributed by atoms with van der Waals surface area (Å²) in [6.07, 6.45) is -3.72. The van der Waals surface area contributed by atoms with Crippen molar-refractivity contribution in [3.63, 3.8) is 0 Å². The Morgan fingerprint density at radius 1 is 1.19 bits per heavy atom. The second kappa shape index (κ2) is 7.40. The van der Waals surface area contributed by atoms with Crippen LogP contribution in [0.2, 0.25) is 0 Å². The van der Waals surface area contributed by atoms with Crippen molar-refractivity contribution in [3.8, 4) is 5.75 Å². The molecule has 0 saturated carbocycles. The van der Waals surface area contributed by atoms with Crippen LogP contribution in [-0.2, 0) is 16.2 Å². The molecule has 1 heterocycles. The van der Waals surface area contributed by atoms with E-state index in [1.807, 2.05) is 6.07 Å². The van der Waals surface area contributed by atoms with Gasteiger partial charge in [0, 0.05) is 12.2 Å². The molecule has 0 bridgehead atoms. The molecule has 2 aromatic rings. The summed E-state index contributed by atoms with van der Waals surface area (Å²) in [6.45, 7) is 1.69. The van der Waals surface area contributed by atoms with E-state index >= 15 is 0 Å². The average molecular weight is 400 g/mol. The maximum Gasteiger partial charge on any atom is 0.416 e. The zero-order valence-electron chi connectivity index (χ0n) is 14.5. The highest BCUT2D eigenvalue weighted by Crippen LogP contribution is 2.35. The predicted molar refractivity (Wildman–Crippen MR) is 95.5 cm³/mol. The highest BCUT2D eigenvalue weighted by molar-refractivity contribution is 7.92. The van der Waals surface area contributed by atoms with Gasteiger partial charge in [-0.15, -0.1) is 0 Å². The van der Waals surface area contributed by atoms with Gasteiger partial charge in [-0.25, -0.2) is 8.42 Å². The van der Waals surface area contributed by atoms with Gasteiger partial charge < -0.3 is 10.1 Å². The zero-order valence-corrected chi connectivity index (χ0v) is 15.3. The van der Waals surface area contributed by atoms with Gasteiger partial charge in [-0.1, -0.05) is 12.1 Å². The Bertz CT molecular complexity index is 924. The molecule has 27 heavy (non-hydrogen) atoms. The Balaban J connectivity index is 1.94. The number of sulfonamides is 1. The van der Waals surface area contributed by atoms with Crippen LogP contribution < -0.4 is 14.8 Å². The Hall–Kier alpha value is -2.26. The molecule has 0 radical (unpaired) electrons. The van der Waals surface area contributed by atoms with Gasteiger partial charge in [0.25, 0.3) is 10.0 Å². The molecule has 1 atom stereocenters. The molecule has 2 N–H and O–H groups in total. The van der Waals surface area contributed by atoms with Gasteiger partial charge in [0.15, 0.2) is 0 Å². The molecule has 9 heteroatoms. The van der Waals surface area contributed by atoms with Crippen molar-refractivity contribution >= 4 is 15.7 Å². The number of halogens is 3. The summed E-state index contributed by atoms with van der Waals surface area (Å²) in [7, 11) is -3.07. The summed E-state index contributed by atoms with van der Waals surface area (Å²) in [5.74, 6) is 0.115. The third-order valence-electron chi connectivity index (χ3n) is 4.45. The summed E-state index contributed by atoms with van der Waals surface area (Å²) in [6, 6.07) is 9.24. The Morgan fingerprint density at radius 3 is 2.59 bits per heavy atom. The summed E-state index contributed by atoms with van der Waals surface area (Å²) in [4.78, 5) is -0.562. The van der Waals surface area contributed by atoms with Gasteiger partial charge in [0.2, 0.25) is 0 Å². The molecule has 3 rings (SSSR count). The fraction of sp³-hybridized carbons (Fsp3) is 0.333. The summed E-state index contributed by atoms with van der Waals surface area (Å²) in [5.41, 5.74) is 0.199. The van der Waals surface area contributed by atoms with Crippen molar-refractivity contribution in [2.75, 3.05) is 24.9 Å². The smallest absolute Gasteiger partial charge is 0.416 e. The monoisotopic (exact) mass is 400 g/mol. The highest BCUT2D eigenvalue weighted by atomic mass is 32.2. The van der Waals surface area contributed by atoms with Crippen LogP contribution in [0.5, 0.6) is 5.75 Å². The van der Waals surface area contributed by atoms with Crippen molar-refractivity contribution in [1.29, 1.82) is 0 Å². The van der Waals surface area contributed by atoms with Gasteiger partial charge in [0.1, 0.15) is 10.6 Å². The molecule has 5 nitrogen and oxygen atoms in total. The summed E-state index contributed by atoms with van der Waals surface area (Å²) >= 11 is 0. The maximum atomic E-state index is 13.0. The van der Waals surface area contributed by atoms with Crippen molar-refractivity contribution in [2.24, 2.45) is 0 Å². The van der Waals surface area contributed by atoms with Crippen molar-refractivity contribution in [1.82, 2.24) is 5.32 Å². The third kappa shape index (κ3) is 4.36. The van der Waals surface area contributed by atoms with Crippen LogP contribution in [0.1, 0.15) is 23.5 Å². The lowest BCUT2D eigenvalue weighted by Gasteiger charge is -2.15. The van der Waals surface area contributed by atoms with Crippen molar-refractivity contribution in [2.45, 2.75) is 23.4 Å². The molecule has 1 aliphatic heterocycles. The van der Waals surface area contributed by atoms with E-state index < -0.39 is 26.7 Å². The number of anilines is 1. The van der Waals surface area contributed by atoms with Crippen LogP contribution in [-0.4, -0.2) is 28.6 Å². The van der Waals surface area contributed by atoms with E-state index in [9.17, 15) is 21.6 Å². The first-order chi connectivity index (χ1) is 12.7. The number of benzene rings is 2. The lowest BCUT2D eigenvalue weighted by molar-refractivity contribution is -0.137. The van der Waals surface area contributed by atoms with Crippen LogP contribution in [0.25, 0.3) is 0 Å². The molecular weight excluding hydrogens is 381 g/mol. The fourth-order valence-electron chi connectivity index (χ4n) is 3.07. The minimum atomic E-state index is -4.66. The van der Waals surface area contributed by atoms with E-state index in [1.54, 1.807) is 18.2 Å². The highest BCUT2D eigenvalue weighted by Gasteiger charge is 2.33. The molecule has 1 aliphatic rings. The minimum Gasteiger partial charge on any atom is -0.495 e. The fourth-order valence-corrected chi connectivity index (χ4v) is 4.31. The van der Waals surface area contributed by atoms with Gasteiger partial charge in [-0.3, -0.25) is 4.72 Å². The largest absolute Gasteiger partial charge is 0.495 e. The van der Waals surface area contributed by atoms with Crippen LogP contribution >= 0.6 is 0 Å². The number of nitrogens with one attached hydrogen (secondary N) is 2. The van der Waals surface area contributed by atoms with Crippen LogP contribution in [0.4, 0.5) is 18.9 Å². The van der Waals surface area contributed by atoms with E-state index in [4.69, 9.17) is 4.74 Å². The second-order valence-electron chi connectivity index (χ2n) is 6.28. The molecule has 2 aromatic carbocycles. The van der Waals surface area contributed by atoms with E-state index in [1.165, 1.54) is 7.11 Å². The van der Waals surface area contributed by atoms with Crippen LogP contribution in [0.15, 0.2) is 47.4 Å². The first-order valence-corrected chi connectivity index (χ1v) is 9.78. The van der Waals surface area contributed by atoms with Crippen molar-refractivity contribution in [3.05, 3.63) is 53.6 Å². The van der Waals surface area contributed by atoms with E-state index in [2.05, 4.69) is 10.0 Å². The van der Waals surface area contributed by atoms with Crippen molar-refractivity contribution < 1.29 is 26.3 Å². The van der Waals surface area contributed by atoms with Gasteiger partial charge in [-0.05, 0) is 54.8 Å². The third-order valence-corrected chi connectivity index (χ3v) is 5.85. The Morgan fingerprint density at radius 2 is 1.96 bits per heavy atom. The first-order valence-electron chi connectivity index (χ1n) is 8.29. The second-order valence-corrected chi connectivity index (χ2v) is 7.93. The molecule has 0 aliphatic carbocycles. The number of hydrogen-bond acceptors (Lipinski definition) is 4. The zero-order chi connectivity index (χ0) is 19.7. The Kier molecular flexibility index (Phi) is 5.34. The quantitative estimate of drug-likeness (QED) is 0.805. The normalized spacial score (nSPS) is 17.7. The van der Waals surface area contributed by atoms with Crippen LogP contribution in [0.3, 0.4) is 0 Å². The van der Waals surface area contributed by atoms with E-state index in [0.29, 0.717) is 11.8 Å². The minimum absolute atomic E-state index is 0.161. The lowest BCUT2D eigenvalue weighted by atomic mass is 9.98.